The first-order valence-electron chi connectivity index (χ1n) is 7.90. The molecule has 1 rings (SSSR count). The van der Waals surface area contributed by atoms with Gasteiger partial charge in [-0.3, -0.25) is 0 Å². The summed E-state index contributed by atoms with van der Waals surface area (Å²) in [7, 11) is 2.12. The maximum absolute atomic E-state index is 9.40. The van der Waals surface area contributed by atoms with Crippen molar-refractivity contribution in [2.75, 3.05) is 25.0 Å². The Morgan fingerprint density at radius 3 is 2.14 bits per heavy atom. The molecule has 0 aliphatic rings. The van der Waals surface area contributed by atoms with Gasteiger partial charge >= 0.3 is 0 Å². The highest BCUT2D eigenvalue weighted by atomic mass is 16.3. The van der Waals surface area contributed by atoms with Crippen LogP contribution in [-0.2, 0) is 0 Å². The molecule has 0 aliphatic carbocycles. The van der Waals surface area contributed by atoms with E-state index in [1.54, 1.807) is 12.1 Å². The van der Waals surface area contributed by atoms with Crippen molar-refractivity contribution >= 4 is 5.69 Å². The highest BCUT2D eigenvalue weighted by molar-refractivity contribution is 5.48. The Balaban J connectivity index is 2.74. The number of anilines is 1. The number of phenols is 1. The van der Waals surface area contributed by atoms with E-state index in [4.69, 9.17) is 0 Å². The highest BCUT2D eigenvalue weighted by Gasteiger charge is 2.27. The third kappa shape index (κ3) is 6.38. The molecule has 21 heavy (non-hydrogen) atoms. The first-order valence-corrected chi connectivity index (χ1v) is 7.90. The average Bonchev–Trinajstić information content (AvgIpc) is 2.37. The van der Waals surface area contributed by atoms with Gasteiger partial charge in [-0.15, -0.1) is 0 Å². The first kappa shape index (κ1) is 17.8. The maximum Gasteiger partial charge on any atom is 0.115 e. The van der Waals surface area contributed by atoms with E-state index in [-0.39, 0.29) is 11.0 Å². The summed E-state index contributed by atoms with van der Waals surface area (Å²) in [6, 6.07) is 7.44. The lowest BCUT2D eigenvalue weighted by molar-refractivity contribution is 0.251. The molecule has 120 valence electrons. The van der Waals surface area contributed by atoms with E-state index in [0.29, 0.717) is 5.75 Å². The predicted octanol–water partition coefficient (Wildman–Crippen LogP) is 4.02. The molecule has 0 radical (unpaired) electrons. The molecule has 0 fully saturated rings. The van der Waals surface area contributed by atoms with Crippen molar-refractivity contribution in [3.8, 4) is 5.75 Å². The lowest BCUT2D eigenvalue weighted by Crippen LogP contribution is -2.47. The van der Waals surface area contributed by atoms with Crippen LogP contribution in [-0.4, -0.2) is 30.8 Å². The summed E-state index contributed by atoms with van der Waals surface area (Å²) < 4.78 is 0. The molecule has 1 aromatic carbocycles. The van der Waals surface area contributed by atoms with Gasteiger partial charge in [0.05, 0.1) is 0 Å². The summed E-state index contributed by atoms with van der Waals surface area (Å²) in [6.07, 6.45) is 2.38. The van der Waals surface area contributed by atoms with E-state index in [9.17, 15) is 5.11 Å². The molecule has 0 heterocycles. The molecule has 1 unspecified atom stereocenters. The molecule has 2 N–H and O–H groups in total. The second-order valence-corrected chi connectivity index (χ2v) is 7.54. The third-order valence-electron chi connectivity index (χ3n) is 3.81. The summed E-state index contributed by atoms with van der Waals surface area (Å²) in [5, 5.41) is 13.0. The van der Waals surface area contributed by atoms with Crippen LogP contribution in [0.25, 0.3) is 0 Å². The fourth-order valence-electron chi connectivity index (χ4n) is 2.68. The molecule has 3 heteroatoms. The molecule has 1 aromatic rings. The molecule has 1 atom stereocenters. The van der Waals surface area contributed by atoms with Gasteiger partial charge < -0.3 is 15.3 Å². The standard InChI is InChI=1S/C18H32N2O/c1-7-12-18(5,13-19-17(2,3)4)14-20(6)15-8-10-16(21)11-9-15/h8-11,19,21H,7,12-14H2,1-6H3. The maximum atomic E-state index is 9.40. The second-order valence-electron chi connectivity index (χ2n) is 7.54. The smallest absolute Gasteiger partial charge is 0.115 e. The number of rotatable bonds is 7. The fourth-order valence-corrected chi connectivity index (χ4v) is 2.68. The lowest BCUT2D eigenvalue weighted by atomic mass is 9.84. The third-order valence-corrected chi connectivity index (χ3v) is 3.81. The number of aromatic hydroxyl groups is 1. The van der Waals surface area contributed by atoms with Crippen LogP contribution in [0, 0.1) is 5.41 Å². The van der Waals surface area contributed by atoms with Crippen LogP contribution in [0.5, 0.6) is 5.75 Å². The molecule has 0 aromatic heterocycles. The van der Waals surface area contributed by atoms with Gasteiger partial charge in [0.2, 0.25) is 0 Å². The van der Waals surface area contributed by atoms with Crippen LogP contribution in [0.4, 0.5) is 5.69 Å². The summed E-state index contributed by atoms with van der Waals surface area (Å²) in [4.78, 5) is 2.28. The largest absolute Gasteiger partial charge is 0.508 e. The van der Waals surface area contributed by atoms with Crippen LogP contribution < -0.4 is 10.2 Å². The van der Waals surface area contributed by atoms with Crippen molar-refractivity contribution in [3.63, 3.8) is 0 Å². The van der Waals surface area contributed by atoms with E-state index in [1.165, 1.54) is 12.8 Å². The summed E-state index contributed by atoms with van der Waals surface area (Å²) in [5.41, 5.74) is 1.52. The summed E-state index contributed by atoms with van der Waals surface area (Å²) in [5.74, 6) is 0.317. The first-order chi connectivity index (χ1) is 9.65. The summed E-state index contributed by atoms with van der Waals surface area (Å²) in [6.45, 7) is 13.2. The van der Waals surface area contributed by atoms with Gasteiger partial charge in [-0.25, -0.2) is 0 Å². The van der Waals surface area contributed by atoms with Gasteiger partial charge in [0.25, 0.3) is 0 Å². The Labute approximate surface area is 130 Å². The van der Waals surface area contributed by atoms with Gasteiger partial charge in [-0.1, -0.05) is 20.3 Å². The Morgan fingerprint density at radius 2 is 1.67 bits per heavy atom. The number of hydrogen-bond acceptors (Lipinski definition) is 3. The zero-order chi connectivity index (χ0) is 16.1. The minimum Gasteiger partial charge on any atom is -0.508 e. The van der Waals surface area contributed by atoms with Crippen molar-refractivity contribution in [1.82, 2.24) is 5.32 Å². The number of nitrogens with zero attached hydrogens (tertiary/aromatic N) is 1. The van der Waals surface area contributed by atoms with Crippen LogP contribution in [0.1, 0.15) is 47.5 Å². The van der Waals surface area contributed by atoms with Crippen molar-refractivity contribution in [2.45, 2.75) is 53.0 Å². The number of benzene rings is 1. The SMILES string of the molecule is CCCC(C)(CNC(C)(C)C)CN(C)c1ccc(O)cc1. The Bertz CT molecular complexity index is 422. The van der Waals surface area contributed by atoms with Gasteiger partial charge in [-0.2, -0.15) is 0 Å². The van der Waals surface area contributed by atoms with E-state index in [1.807, 2.05) is 12.1 Å². The summed E-state index contributed by atoms with van der Waals surface area (Å²) >= 11 is 0. The lowest BCUT2D eigenvalue weighted by Gasteiger charge is -2.37. The number of hydrogen-bond donors (Lipinski definition) is 2. The minimum absolute atomic E-state index is 0.145. The average molecular weight is 292 g/mol. The van der Waals surface area contributed by atoms with Crippen LogP contribution in [0.15, 0.2) is 24.3 Å². The number of nitrogens with one attached hydrogen (secondary N) is 1. The molecule has 0 bridgehead atoms. The molecular formula is C18H32N2O. The van der Waals surface area contributed by atoms with Crippen molar-refractivity contribution in [1.29, 1.82) is 0 Å². The van der Waals surface area contributed by atoms with Gasteiger partial charge in [0.15, 0.2) is 0 Å². The molecular weight excluding hydrogens is 260 g/mol. The molecule has 3 nitrogen and oxygen atoms in total. The van der Waals surface area contributed by atoms with Crippen molar-refractivity contribution in [2.24, 2.45) is 5.41 Å². The van der Waals surface area contributed by atoms with Crippen LogP contribution in [0.3, 0.4) is 0 Å². The Kier molecular flexibility index (Phi) is 6.09. The quantitative estimate of drug-likeness (QED) is 0.796. The van der Waals surface area contributed by atoms with Gasteiger partial charge in [-0.05, 0) is 56.9 Å². The zero-order valence-electron chi connectivity index (χ0n) is 14.5. The van der Waals surface area contributed by atoms with Crippen LogP contribution in [0.2, 0.25) is 0 Å². The second kappa shape index (κ2) is 7.17. The Morgan fingerprint density at radius 1 is 1.10 bits per heavy atom. The zero-order valence-corrected chi connectivity index (χ0v) is 14.5. The predicted molar refractivity (Wildman–Crippen MR) is 92.1 cm³/mol. The van der Waals surface area contributed by atoms with Gasteiger partial charge in [0.1, 0.15) is 5.75 Å². The molecule has 0 amide bonds. The number of phenolic OH excluding ortho intramolecular Hbond substituents is 1. The van der Waals surface area contributed by atoms with Gasteiger partial charge in [0, 0.05) is 31.4 Å². The van der Waals surface area contributed by atoms with E-state index in [2.05, 4.69) is 51.9 Å². The monoisotopic (exact) mass is 292 g/mol. The topological polar surface area (TPSA) is 35.5 Å². The van der Waals surface area contributed by atoms with Crippen molar-refractivity contribution in [3.05, 3.63) is 24.3 Å². The highest BCUT2D eigenvalue weighted by Crippen LogP contribution is 2.27. The molecule has 0 saturated heterocycles. The molecule has 0 saturated carbocycles. The minimum atomic E-state index is 0.145. The molecule has 0 spiro atoms. The van der Waals surface area contributed by atoms with E-state index < -0.39 is 0 Å². The van der Waals surface area contributed by atoms with E-state index in [0.717, 1.165) is 18.8 Å². The van der Waals surface area contributed by atoms with E-state index >= 15 is 0 Å². The molecule has 0 aliphatic heterocycles. The Hall–Kier alpha value is -1.22. The van der Waals surface area contributed by atoms with Crippen LogP contribution >= 0.6 is 0 Å². The fraction of sp³-hybridized carbons (Fsp3) is 0.667. The van der Waals surface area contributed by atoms with Crippen molar-refractivity contribution < 1.29 is 5.11 Å². The normalized spacial score (nSPS) is 14.8.